The zero-order valence-electron chi connectivity index (χ0n) is 16.8. The highest BCUT2D eigenvalue weighted by Crippen LogP contribution is 2.39. The monoisotopic (exact) mass is 471 g/mol. The van der Waals surface area contributed by atoms with Gasteiger partial charge in [-0.3, -0.25) is 9.48 Å². The number of hydrogen-bond acceptors (Lipinski definition) is 5. The van der Waals surface area contributed by atoms with Crippen molar-refractivity contribution in [3.05, 3.63) is 51.6 Å². The molecule has 1 aliphatic heterocycles. The summed E-state index contributed by atoms with van der Waals surface area (Å²) >= 11 is 7.11. The molecular formula is C20H20F3N3OS3. The van der Waals surface area contributed by atoms with Gasteiger partial charge in [-0.1, -0.05) is 69.0 Å². The van der Waals surface area contributed by atoms with Crippen LogP contribution in [0.4, 0.5) is 13.2 Å². The fourth-order valence-corrected chi connectivity index (χ4v) is 4.90. The van der Waals surface area contributed by atoms with E-state index in [-0.39, 0.29) is 20.2 Å². The van der Waals surface area contributed by atoms with Crippen LogP contribution in [-0.4, -0.2) is 20.0 Å². The highest BCUT2D eigenvalue weighted by molar-refractivity contribution is 8.26. The van der Waals surface area contributed by atoms with Gasteiger partial charge in [0.15, 0.2) is 5.69 Å². The second-order valence-corrected chi connectivity index (χ2v) is 10.5. The molecule has 1 amide bonds. The molecule has 1 aromatic carbocycles. The standard InChI is InChI=1S/C20H20F3N3OS3/c1-19(2,3)12-7-5-11(6-8-12)10-29-17-13(9-14-16(27)24-18(28)30-14)15(20(21,22)23)25-26(17)4/h5-9H,10H2,1-4H3,(H,24,27,28)/b14-9-. The van der Waals surface area contributed by atoms with Crippen molar-refractivity contribution in [2.24, 2.45) is 7.05 Å². The van der Waals surface area contributed by atoms with Gasteiger partial charge < -0.3 is 5.32 Å². The smallest absolute Gasteiger partial charge is 0.307 e. The first kappa shape index (κ1) is 22.9. The zero-order valence-corrected chi connectivity index (χ0v) is 19.2. The summed E-state index contributed by atoms with van der Waals surface area (Å²) in [4.78, 5) is 12.1. The maximum absolute atomic E-state index is 13.6. The number of aryl methyl sites for hydroxylation is 1. The molecule has 160 valence electrons. The van der Waals surface area contributed by atoms with E-state index in [0.717, 1.165) is 17.3 Å². The number of thioether (sulfide) groups is 2. The Morgan fingerprint density at radius 1 is 1.23 bits per heavy atom. The van der Waals surface area contributed by atoms with Crippen molar-refractivity contribution in [3.63, 3.8) is 0 Å². The molecule has 2 aromatic rings. The summed E-state index contributed by atoms with van der Waals surface area (Å²) < 4.78 is 42.1. The lowest BCUT2D eigenvalue weighted by atomic mass is 9.87. The number of carbonyl (C=O) groups is 1. The number of thiocarbonyl (C=S) groups is 1. The SMILES string of the molecule is Cn1nc(C(F)(F)F)c(/C=C2\SC(=S)NC2=O)c1SCc1ccc(C(C)(C)C)cc1. The maximum Gasteiger partial charge on any atom is 0.435 e. The summed E-state index contributed by atoms with van der Waals surface area (Å²) in [5, 5.41) is 6.43. The summed E-state index contributed by atoms with van der Waals surface area (Å²) in [6, 6.07) is 8.02. The Kier molecular flexibility index (Phi) is 6.41. The van der Waals surface area contributed by atoms with Crippen molar-refractivity contribution in [1.29, 1.82) is 0 Å². The Balaban J connectivity index is 1.93. The van der Waals surface area contributed by atoms with E-state index in [2.05, 4.69) is 31.2 Å². The Morgan fingerprint density at radius 2 is 1.87 bits per heavy atom. The average Bonchev–Trinajstić information content (AvgIpc) is 3.11. The molecule has 1 aromatic heterocycles. The van der Waals surface area contributed by atoms with Gasteiger partial charge in [0.1, 0.15) is 9.35 Å². The molecule has 0 spiro atoms. The topological polar surface area (TPSA) is 46.9 Å². The first-order valence-electron chi connectivity index (χ1n) is 8.97. The second-order valence-electron chi connectivity index (χ2n) is 7.78. The fraction of sp³-hybridized carbons (Fsp3) is 0.350. The summed E-state index contributed by atoms with van der Waals surface area (Å²) in [5.41, 5.74) is 1.05. The second kappa shape index (κ2) is 8.39. The lowest BCUT2D eigenvalue weighted by molar-refractivity contribution is -0.141. The Morgan fingerprint density at radius 3 is 2.37 bits per heavy atom. The quantitative estimate of drug-likeness (QED) is 0.362. The van der Waals surface area contributed by atoms with E-state index < -0.39 is 17.8 Å². The molecule has 0 saturated carbocycles. The molecule has 1 saturated heterocycles. The number of rotatable bonds is 4. The van der Waals surface area contributed by atoms with Gasteiger partial charge >= 0.3 is 6.18 Å². The number of nitrogens with one attached hydrogen (secondary N) is 1. The van der Waals surface area contributed by atoms with Gasteiger partial charge in [0.2, 0.25) is 0 Å². The number of alkyl halides is 3. The first-order valence-corrected chi connectivity index (χ1v) is 11.2. The molecule has 0 unspecified atom stereocenters. The third-order valence-corrected chi connectivity index (χ3v) is 6.81. The van der Waals surface area contributed by atoms with Crippen molar-refractivity contribution in [2.75, 3.05) is 0 Å². The van der Waals surface area contributed by atoms with E-state index in [1.807, 2.05) is 24.3 Å². The number of nitrogens with zero attached hydrogens (tertiary/aromatic N) is 2. The van der Waals surface area contributed by atoms with E-state index in [1.54, 1.807) is 0 Å². The molecule has 1 aliphatic rings. The van der Waals surface area contributed by atoms with Crippen molar-refractivity contribution < 1.29 is 18.0 Å². The van der Waals surface area contributed by atoms with Crippen molar-refractivity contribution in [1.82, 2.24) is 15.1 Å². The van der Waals surface area contributed by atoms with Crippen LogP contribution in [0.2, 0.25) is 0 Å². The Bertz CT molecular complexity index is 1020. The average molecular weight is 472 g/mol. The molecule has 2 heterocycles. The van der Waals surface area contributed by atoms with Crippen LogP contribution in [0.25, 0.3) is 6.08 Å². The van der Waals surface area contributed by atoms with E-state index >= 15 is 0 Å². The fourth-order valence-electron chi connectivity index (χ4n) is 2.84. The van der Waals surface area contributed by atoms with Crippen molar-refractivity contribution in [3.8, 4) is 0 Å². The van der Waals surface area contributed by atoms with E-state index in [9.17, 15) is 18.0 Å². The molecule has 0 atom stereocenters. The Labute approximate surface area is 186 Å². The van der Waals surface area contributed by atoms with Gasteiger partial charge in [-0.15, -0.1) is 11.8 Å². The van der Waals surface area contributed by atoms with Crippen LogP contribution in [0.5, 0.6) is 0 Å². The van der Waals surface area contributed by atoms with Crippen molar-refractivity contribution >= 4 is 52.0 Å². The van der Waals surface area contributed by atoms with Crippen LogP contribution in [0, 0.1) is 0 Å². The predicted octanol–water partition coefficient (Wildman–Crippen LogP) is 5.52. The van der Waals surface area contributed by atoms with Crippen molar-refractivity contribution in [2.45, 2.75) is 43.1 Å². The minimum atomic E-state index is -4.64. The van der Waals surface area contributed by atoms with Gasteiger partial charge in [-0.25, -0.2) is 0 Å². The number of hydrogen-bond donors (Lipinski definition) is 1. The maximum atomic E-state index is 13.6. The zero-order chi connectivity index (χ0) is 22.3. The third kappa shape index (κ3) is 5.09. The van der Waals surface area contributed by atoms with Gasteiger partial charge in [0.05, 0.1) is 4.91 Å². The summed E-state index contributed by atoms with van der Waals surface area (Å²) in [5.74, 6) is -0.0365. The molecule has 0 aliphatic carbocycles. The van der Waals surface area contributed by atoms with Crippen LogP contribution >= 0.6 is 35.7 Å². The Hall–Kier alpha value is -1.78. The van der Waals surface area contributed by atoms with Crippen LogP contribution in [0.1, 0.15) is 43.2 Å². The first-order chi connectivity index (χ1) is 13.9. The highest BCUT2D eigenvalue weighted by atomic mass is 32.2. The van der Waals surface area contributed by atoms with E-state index in [1.165, 1.54) is 35.1 Å². The molecule has 0 bridgehead atoms. The lowest BCUT2D eigenvalue weighted by Gasteiger charge is -2.19. The highest BCUT2D eigenvalue weighted by Gasteiger charge is 2.39. The lowest BCUT2D eigenvalue weighted by Crippen LogP contribution is -2.17. The van der Waals surface area contributed by atoms with Gasteiger partial charge in [-0.05, 0) is 22.6 Å². The number of aromatic nitrogens is 2. The number of benzene rings is 1. The van der Waals surface area contributed by atoms with Crippen LogP contribution in [0.3, 0.4) is 0 Å². The molecule has 1 N–H and O–H groups in total. The van der Waals surface area contributed by atoms with Crippen LogP contribution in [-0.2, 0) is 29.2 Å². The van der Waals surface area contributed by atoms with Crippen LogP contribution in [0.15, 0.2) is 34.2 Å². The molecule has 4 nitrogen and oxygen atoms in total. The molecule has 10 heteroatoms. The summed E-state index contributed by atoms with van der Waals surface area (Å²) in [6.45, 7) is 6.36. The van der Waals surface area contributed by atoms with E-state index in [4.69, 9.17) is 12.2 Å². The molecular weight excluding hydrogens is 451 g/mol. The van der Waals surface area contributed by atoms with Gasteiger partial charge in [0.25, 0.3) is 5.91 Å². The molecule has 1 fully saturated rings. The minimum Gasteiger partial charge on any atom is -0.307 e. The molecule has 3 rings (SSSR count). The number of carbonyl (C=O) groups excluding carboxylic acids is 1. The van der Waals surface area contributed by atoms with Crippen LogP contribution < -0.4 is 5.32 Å². The third-order valence-electron chi connectivity index (χ3n) is 4.41. The predicted molar refractivity (Wildman–Crippen MR) is 119 cm³/mol. The number of halogens is 3. The van der Waals surface area contributed by atoms with Gasteiger partial charge in [-0.2, -0.15) is 18.3 Å². The normalized spacial score (nSPS) is 16.4. The number of amides is 1. The molecule has 30 heavy (non-hydrogen) atoms. The molecule has 0 radical (unpaired) electrons. The minimum absolute atomic E-state index is 0.0226. The van der Waals surface area contributed by atoms with E-state index in [0.29, 0.717) is 10.8 Å². The van der Waals surface area contributed by atoms with Gasteiger partial charge in [0, 0.05) is 18.4 Å². The summed E-state index contributed by atoms with van der Waals surface area (Å²) in [7, 11) is 1.47. The largest absolute Gasteiger partial charge is 0.435 e. The summed E-state index contributed by atoms with van der Waals surface area (Å²) in [6.07, 6.45) is -3.42.